The molecule has 0 radical (unpaired) electrons. The molecule has 0 saturated carbocycles. The summed E-state index contributed by atoms with van der Waals surface area (Å²) in [5.41, 5.74) is 2.15. The highest BCUT2D eigenvalue weighted by Gasteiger charge is 2.31. The topological polar surface area (TPSA) is 47.3 Å². The van der Waals surface area contributed by atoms with Gasteiger partial charge in [-0.2, -0.15) is 5.26 Å². The Morgan fingerprint density at radius 1 is 1.45 bits per heavy atom. The molecule has 1 unspecified atom stereocenters. The predicted molar refractivity (Wildman–Crippen MR) is 82.5 cm³/mol. The summed E-state index contributed by atoms with van der Waals surface area (Å²) in [5.74, 6) is 0.0285. The molecule has 1 aromatic carbocycles. The Hall–Kier alpha value is -1.54. The highest BCUT2D eigenvalue weighted by molar-refractivity contribution is 9.10. The molecule has 1 saturated heterocycles. The van der Waals surface area contributed by atoms with Crippen molar-refractivity contribution < 1.29 is 4.79 Å². The first-order valence-electron chi connectivity index (χ1n) is 6.69. The van der Waals surface area contributed by atoms with E-state index in [0.29, 0.717) is 0 Å². The molecular weight excluding hydrogens is 318 g/mol. The third-order valence-electron chi connectivity index (χ3n) is 3.70. The minimum atomic E-state index is -0.387. The van der Waals surface area contributed by atoms with Gasteiger partial charge < -0.3 is 9.80 Å². The first kappa shape index (κ1) is 14.9. The molecule has 1 atom stereocenters. The van der Waals surface area contributed by atoms with Gasteiger partial charge in [0, 0.05) is 30.3 Å². The second kappa shape index (κ2) is 6.27. The molecule has 0 aliphatic carbocycles. The van der Waals surface area contributed by atoms with Crippen molar-refractivity contribution in [2.24, 2.45) is 0 Å². The van der Waals surface area contributed by atoms with Crippen LogP contribution >= 0.6 is 15.9 Å². The van der Waals surface area contributed by atoms with E-state index in [1.807, 2.05) is 25.1 Å². The monoisotopic (exact) mass is 335 g/mol. The van der Waals surface area contributed by atoms with Crippen molar-refractivity contribution in [2.75, 3.05) is 25.0 Å². The molecule has 1 aromatic rings. The summed E-state index contributed by atoms with van der Waals surface area (Å²) in [6.07, 6.45) is 1.13. The van der Waals surface area contributed by atoms with Crippen molar-refractivity contribution in [2.45, 2.75) is 25.8 Å². The number of halogens is 1. The average Bonchev–Trinajstić information content (AvgIpc) is 2.56. The van der Waals surface area contributed by atoms with Gasteiger partial charge in [0.05, 0.1) is 12.5 Å². The van der Waals surface area contributed by atoms with Crippen LogP contribution in [0.5, 0.6) is 0 Å². The number of amides is 1. The van der Waals surface area contributed by atoms with Crippen LogP contribution in [0.1, 0.15) is 18.4 Å². The van der Waals surface area contributed by atoms with Crippen LogP contribution in [0, 0.1) is 18.3 Å². The number of aryl methyl sites for hydroxylation is 1. The highest BCUT2D eigenvalue weighted by atomic mass is 79.9. The third kappa shape index (κ3) is 2.96. The maximum absolute atomic E-state index is 12.4. The molecule has 0 spiro atoms. The molecule has 1 amide bonds. The van der Waals surface area contributed by atoms with Gasteiger partial charge in [0.2, 0.25) is 5.91 Å². The summed E-state index contributed by atoms with van der Waals surface area (Å²) < 4.78 is 1.02. The van der Waals surface area contributed by atoms with Crippen LogP contribution < -0.4 is 4.90 Å². The van der Waals surface area contributed by atoms with Crippen LogP contribution in [0.2, 0.25) is 0 Å². The number of carbonyl (C=O) groups is 1. The number of nitriles is 1. The summed E-state index contributed by atoms with van der Waals surface area (Å²) in [6.45, 7) is 3.56. The summed E-state index contributed by atoms with van der Waals surface area (Å²) in [5, 5.41) is 9.02. The van der Waals surface area contributed by atoms with Crippen LogP contribution in [0.25, 0.3) is 0 Å². The Morgan fingerprint density at radius 2 is 2.20 bits per heavy atom. The molecule has 0 bridgehead atoms. The number of carbonyl (C=O) groups excluding carboxylic acids is 1. The summed E-state index contributed by atoms with van der Waals surface area (Å²) in [6, 6.07) is 7.83. The minimum absolute atomic E-state index is 0.0285. The number of hydrogen-bond donors (Lipinski definition) is 0. The van der Waals surface area contributed by atoms with Crippen molar-refractivity contribution in [1.82, 2.24) is 4.90 Å². The first-order valence-corrected chi connectivity index (χ1v) is 7.48. The highest BCUT2D eigenvalue weighted by Crippen LogP contribution is 2.27. The van der Waals surface area contributed by atoms with Gasteiger partial charge in [0.15, 0.2) is 0 Å². The number of anilines is 1. The van der Waals surface area contributed by atoms with E-state index in [1.54, 1.807) is 11.9 Å². The molecule has 5 heteroatoms. The lowest BCUT2D eigenvalue weighted by atomic mass is 10.1. The van der Waals surface area contributed by atoms with E-state index in [9.17, 15) is 4.79 Å². The Morgan fingerprint density at radius 3 is 2.85 bits per heavy atom. The van der Waals surface area contributed by atoms with Crippen LogP contribution in [0.4, 0.5) is 5.69 Å². The van der Waals surface area contributed by atoms with Gasteiger partial charge in [0.1, 0.15) is 6.04 Å². The Labute approximate surface area is 128 Å². The second-order valence-corrected chi connectivity index (χ2v) is 5.97. The molecule has 20 heavy (non-hydrogen) atoms. The zero-order valence-electron chi connectivity index (χ0n) is 11.8. The third-order valence-corrected chi connectivity index (χ3v) is 4.56. The lowest BCUT2D eigenvalue weighted by Gasteiger charge is -2.30. The van der Waals surface area contributed by atoms with Gasteiger partial charge >= 0.3 is 0 Å². The molecule has 1 aliphatic heterocycles. The SMILES string of the molecule is Cc1ccc(N2CCCN(C)C(=O)C2CC#N)cc1Br. The second-order valence-electron chi connectivity index (χ2n) is 5.12. The molecule has 2 rings (SSSR count). The predicted octanol–water partition coefficient (Wildman–Crippen LogP) is 2.71. The molecular formula is C15H18BrN3O. The maximum Gasteiger partial charge on any atom is 0.246 e. The fourth-order valence-corrected chi connectivity index (χ4v) is 2.85. The fourth-order valence-electron chi connectivity index (χ4n) is 2.49. The van der Waals surface area contributed by atoms with E-state index in [0.717, 1.165) is 35.2 Å². The summed E-state index contributed by atoms with van der Waals surface area (Å²) >= 11 is 3.53. The average molecular weight is 336 g/mol. The molecule has 1 heterocycles. The van der Waals surface area contributed by atoms with Gasteiger partial charge in [-0.3, -0.25) is 4.79 Å². The largest absolute Gasteiger partial charge is 0.359 e. The van der Waals surface area contributed by atoms with Gasteiger partial charge in [0.25, 0.3) is 0 Å². The zero-order valence-corrected chi connectivity index (χ0v) is 13.4. The molecule has 4 nitrogen and oxygen atoms in total. The van der Waals surface area contributed by atoms with Gasteiger partial charge in [-0.1, -0.05) is 22.0 Å². The normalized spacial score (nSPS) is 19.7. The number of likely N-dealkylation sites (N-methyl/N-ethyl adjacent to an activating group) is 1. The van der Waals surface area contributed by atoms with Crippen LogP contribution in [0.15, 0.2) is 22.7 Å². The quantitative estimate of drug-likeness (QED) is 0.834. The molecule has 1 aliphatic rings. The van der Waals surface area contributed by atoms with Crippen molar-refractivity contribution in [3.05, 3.63) is 28.2 Å². The van der Waals surface area contributed by atoms with E-state index < -0.39 is 0 Å². The summed E-state index contributed by atoms with van der Waals surface area (Å²) in [7, 11) is 1.81. The van der Waals surface area contributed by atoms with Gasteiger partial charge in [-0.05, 0) is 31.0 Å². The van der Waals surface area contributed by atoms with Crippen molar-refractivity contribution >= 4 is 27.5 Å². The fraction of sp³-hybridized carbons (Fsp3) is 0.467. The van der Waals surface area contributed by atoms with E-state index >= 15 is 0 Å². The van der Waals surface area contributed by atoms with Crippen LogP contribution in [-0.2, 0) is 4.79 Å². The number of benzene rings is 1. The lowest BCUT2D eigenvalue weighted by Crippen LogP contribution is -2.44. The smallest absolute Gasteiger partial charge is 0.246 e. The van der Waals surface area contributed by atoms with E-state index in [-0.39, 0.29) is 18.4 Å². The molecule has 106 valence electrons. The zero-order chi connectivity index (χ0) is 14.7. The summed E-state index contributed by atoms with van der Waals surface area (Å²) in [4.78, 5) is 16.2. The lowest BCUT2D eigenvalue weighted by molar-refractivity contribution is -0.130. The van der Waals surface area contributed by atoms with E-state index in [1.165, 1.54) is 0 Å². The molecule has 1 fully saturated rings. The first-order chi connectivity index (χ1) is 9.54. The van der Waals surface area contributed by atoms with E-state index in [2.05, 4.69) is 26.9 Å². The standard InChI is InChI=1S/C15H18BrN3O/c1-11-4-5-12(10-13(11)16)19-9-3-8-18(2)15(20)14(19)6-7-17/h4-5,10,14H,3,6,8-9H2,1-2H3. The maximum atomic E-state index is 12.4. The minimum Gasteiger partial charge on any atom is -0.359 e. The molecule has 0 aromatic heterocycles. The van der Waals surface area contributed by atoms with Crippen molar-refractivity contribution in [3.8, 4) is 6.07 Å². The molecule has 0 N–H and O–H groups in total. The number of rotatable bonds is 2. The Kier molecular flexibility index (Phi) is 4.66. The number of hydrogen-bond acceptors (Lipinski definition) is 3. The van der Waals surface area contributed by atoms with Gasteiger partial charge in [-0.25, -0.2) is 0 Å². The Bertz CT molecular complexity index is 553. The number of nitrogens with zero attached hydrogens (tertiary/aromatic N) is 3. The van der Waals surface area contributed by atoms with Crippen LogP contribution in [0.3, 0.4) is 0 Å². The van der Waals surface area contributed by atoms with Gasteiger partial charge in [-0.15, -0.1) is 0 Å². The van der Waals surface area contributed by atoms with Crippen molar-refractivity contribution in [1.29, 1.82) is 5.26 Å². The van der Waals surface area contributed by atoms with Crippen molar-refractivity contribution in [3.63, 3.8) is 0 Å². The Balaban J connectivity index is 2.37. The van der Waals surface area contributed by atoms with E-state index in [4.69, 9.17) is 5.26 Å². The van der Waals surface area contributed by atoms with Crippen LogP contribution in [-0.4, -0.2) is 37.0 Å².